The van der Waals surface area contributed by atoms with Crippen LogP contribution in [0.1, 0.15) is 13.8 Å². The Kier molecular flexibility index (Phi) is 5.68. The first-order chi connectivity index (χ1) is 8.45. The number of amides is 1. The lowest BCUT2D eigenvalue weighted by atomic mass is 10.1. The van der Waals surface area contributed by atoms with E-state index < -0.39 is 11.6 Å². The lowest BCUT2D eigenvalue weighted by Gasteiger charge is -2.14. The number of hydrogen-bond donors (Lipinski definition) is 2. The van der Waals surface area contributed by atoms with Crippen LogP contribution in [-0.2, 0) is 4.79 Å². The van der Waals surface area contributed by atoms with Gasteiger partial charge in [0.1, 0.15) is 5.82 Å². The van der Waals surface area contributed by atoms with Gasteiger partial charge in [-0.05, 0) is 28.5 Å². The predicted molar refractivity (Wildman–Crippen MR) is 70.4 cm³/mol. The zero-order valence-electron chi connectivity index (χ0n) is 10.2. The summed E-state index contributed by atoms with van der Waals surface area (Å²) in [4.78, 5) is 11.8. The van der Waals surface area contributed by atoms with Gasteiger partial charge in [-0.15, -0.1) is 0 Å². The summed E-state index contributed by atoms with van der Waals surface area (Å²) in [6.07, 6.45) is 0. The van der Waals surface area contributed by atoms with Crippen LogP contribution < -0.4 is 10.6 Å². The number of hydrogen-bond acceptors (Lipinski definition) is 2. The van der Waals surface area contributed by atoms with Gasteiger partial charge in [0, 0.05) is 23.0 Å². The molecule has 0 aliphatic carbocycles. The Bertz CT molecular complexity index is 417. The summed E-state index contributed by atoms with van der Waals surface area (Å²) in [6.45, 7) is 4.92. The lowest BCUT2D eigenvalue weighted by Crippen LogP contribution is -2.30. The Morgan fingerprint density at radius 1 is 1.44 bits per heavy atom. The Balaban J connectivity index is 2.76. The highest BCUT2D eigenvalue weighted by atomic mass is 79.9. The first-order valence-electron chi connectivity index (χ1n) is 5.61. The Morgan fingerprint density at radius 2 is 2.11 bits per heavy atom. The highest BCUT2D eigenvalue weighted by Crippen LogP contribution is 2.27. The minimum absolute atomic E-state index is 0.0373. The largest absolute Gasteiger partial charge is 0.322 e. The molecular weight excluding hydrogens is 306 g/mol. The Hall–Kier alpha value is -1.01. The van der Waals surface area contributed by atoms with Crippen molar-refractivity contribution in [2.45, 2.75) is 13.8 Å². The average Bonchev–Trinajstić information content (AvgIpc) is 2.30. The second-order valence-electron chi connectivity index (χ2n) is 3.94. The zero-order valence-corrected chi connectivity index (χ0v) is 11.8. The Morgan fingerprint density at radius 3 is 2.67 bits per heavy atom. The molecule has 0 aliphatic rings. The number of nitrogens with one attached hydrogen (secondary N) is 2. The van der Waals surface area contributed by atoms with Crippen LogP contribution in [0.4, 0.5) is 14.5 Å². The molecule has 0 aromatic heterocycles. The molecule has 3 nitrogen and oxygen atoms in total. The van der Waals surface area contributed by atoms with Gasteiger partial charge in [-0.3, -0.25) is 4.79 Å². The third kappa shape index (κ3) is 4.03. The fourth-order valence-corrected chi connectivity index (χ4v) is 1.87. The van der Waals surface area contributed by atoms with Crippen molar-refractivity contribution < 1.29 is 13.6 Å². The van der Waals surface area contributed by atoms with Gasteiger partial charge < -0.3 is 10.6 Å². The first-order valence-corrected chi connectivity index (χ1v) is 6.41. The van der Waals surface area contributed by atoms with Crippen molar-refractivity contribution in [2.24, 2.45) is 5.92 Å². The second kappa shape index (κ2) is 6.80. The summed E-state index contributed by atoms with van der Waals surface area (Å²) < 4.78 is 26.5. The van der Waals surface area contributed by atoms with Crippen molar-refractivity contribution in [3.05, 3.63) is 28.2 Å². The quantitative estimate of drug-likeness (QED) is 0.875. The van der Waals surface area contributed by atoms with Gasteiger partial charge in [-0.2, -0.15) is 0 Å². The molecule has 0 spiro atoms. The van der Waals surface area contributed by atoms with E-state index in [2.05, 4.69) is 26.6 Å². The monoisotopic (exact) mass is 320 g/mol. The summed E-state index contributed by atoms with van der Waals surface area (Å²) in [5, 5.41) is 5.47. The van der Waals surface area contributed by atoms with E-state index in [1.807, 2.05) is 6.92 Å². The molecule has 1 aromatic rings. The van der Waals surface area contributed by atoms with Gasteiger partial charge >= 0.3 is 0 Å². The van der Waals surface area contributed by atoms with Gasteiger partial charge in [-0.25, -0.2) is 8.78 Å². The molecule has 1 amide bonds. The number of rotatable bonds is 5. The highest BCUT2D eigenvalue weighted by molar-refractivity contribution is 9.10. The molecule has 6 heteroatoms. The molecule has 2 N–H and O–H groups in total. The molecule has 0 fully saturated rings. The molecule has 0 bridgehead atoms. The fourth-order valence-electron chi connectivity index (χ4n) is 1.36. The van der Waals surface area contributed by atoms with E-state index >= 15 is 0 Å². The topological polar surface area (TPSA) is 41.1 Å². The van der Waals surface area contributed by atoms with Crippen LogP contribution in [0.25, 0.3) is 0 Å². The molecule has 0 saturated carbocycles. The Labute approximate surface area is 113 Å². The zero-order chi connectivity index (χ0) is 13.7. The number of halogens is 3. The summed E-state index contributed by atoms with van der Waals surface area (Å²) >= 11 is 3.02. The second-order valence-corrected chi connectivity index (χ2v) is 4.80. The van der Waals surface area contributed by atoms with E-state index in [0.29, 0.717) is 6.54 Å². The van der Waals surface area contributed by atoms with Gasteiger partial charge in [-0.1, -0.05) is 13.8 Å². The van der Waals surface area contributed by atoms with Gasteiger partial charge in [0.2, 0.25) is 5.91 Å². The third-order valence-electron chi connectivity index (χ3n) is 2.40. The maximum atomic E-state index is 13.5. The van der Waals surface area contributed by atoms with Crippen molar-refractivity contribution in [1.82, 2.24) is 5.32 Å². The van der Waals surface area contributed by atoms with Crippen molar-refractivity contribution >= 4 is 27.5 Å². The minimum Gasteiger partial charge on any atom is -0.322 e. The normalized spacial score (nSPS) is 12.3. The number of anilines is 1. The molecule has 1 atom stereocenters. The molecule has 1 rings (SSSR count). The smallest absolute Gasteiger partial charge is 0.228 e. The SMILES string of the molecule is CCNCC(C)C(=O)Nc1c(F)cc(F)cc1Br. The molecule has 0 radical (unpaired) electrons. The molecule has 1 unspecified atom stereocenters. The fraction of sp³-hybridized carbons (Fsp3) is 0.417. The number of carbonyl (C=O) groups excluding carboxylic acids is 1. The molecular formula is C12H15BrF2N2O. The molecule has 100 valence electrons. The van der Waals surface area contributed by atoms with E-state index in [1.165, 1.54) is 0 Å². The van der Waals surface area contributed by atoms with Gasteiger partial charge in [0.25, 0.3) is 0 Å². The number of benzene rings is 1. The van der Waals surface area contributed by atoms with Gasteiger partial charge in [0.15, 0.2) is 5.82 Å². The highest BCUT2D eigenvalue weighted by Gasteiger charge is 2.17. The summed E-state index contributed by atoms with van der Waals surface area (Å²) in [5.41, 5.74) is -0.0373. The van der Waals surface area contributed by atoms with Crippen LogP contribution >= 0.6 is 15.9 Å². The first kappa shape index (κ1) is 15.0. The van der Waals surface area contributed by atoms with Crippen molar-refractivity contribution in [3.63, 3.8) is 0 Å². The molecule has 1 aromatic carbocycles. The maximum absolute atomic E-state index is 13.5. The standard InChI is InChI=1S/C12H15BrF2N2O/c1-3-16-6-7(2)12(18)17-11-9(13)4-8(14)5-10(11)15/h4-5,7,16H,3,6H2,1-2H3,(H,17,18). The minimum atomic E-state index is -0.800. The molecule has 0 aliphatic heterocycles. The van der Waals surface area contributed by atoms with E-state index in [1.54, 1.807) is 6.92 Å². The van der Waals surface area contributed by atoms with E-state index in [0.717, 1.165) is 18.7 Å². The average molecular weight is 321 g/mol. The van der Waals surface area contributed by atoms with Crippen LogP contribution in [-0.4, -0.2) is 19.0 Å². The third-order valence-corrected chi connectivity index (χ3v) is 3.03. The summed E-state index contributed by atoms with van der Waals surface area (Å²) in [7, 11) is 0. The van der Waals surface area contributed by atoms with E-state index in [9.17, 15) is 13.6 Å². The van der Waals surface area contributed by atoms with Crippen molar-refractivity contribution in [1.29, 1.82) is 0 Å². The molecule has 0 saturated heterocycles. The maximum Gasteiger partial charge on any atom is 0.228 e. The summed E-state index contributed by atoms with van der Waals surface area (Å²) in [6, 6.07) is 1.84. The van der Waals surface area contributed by atoms with Crippen LogP contribution in [0.3, 0.4) is 0 Å². The van der Waals surface area contributed by atoms with Crippen molar-refractivity contribution in [3.8, 4) is 0 Å². The lowest BCUT2D eigenvalue weighted by molar-refractivity contribution is -0.119. The van der Waals surface area contributed by atoms with Gasteiger partial charge in [0.05, 0.1) is 5.69 Å². The van der Waals surface area contributed by atoms with E-state index in [-0.39, 0.29) is 22.0 Å². The van der Waals surface area contributed by atoms with E-state index in [4.69, 9.17) is 0 Å². The van der Waals surface area contributed by atoms with Crippen molar-refractivity contribution in [2.75, 3.05) is 18.4 Å². The molecule has 0 heterocycles. The van der Waals surface area contributed by atoms with Crippen LogP contribution in [0.2, 0.25) is 0 Å². The molecule has 18 heavy (non-hydrogen) atoms. The van der Waals surface area contributed by atoms with Crippen LogP contribution in [0.5, 0.6) is 0 Å². The number of carbonyl (C=O) groups is 1. The van der Waals surface area contributed by atoms with Crippen LogP contribution in [0.15, 0.2) is 16.6 Å². The predicted octanol–water partition coefficient (Wildman–Crippen LogP) is 2.91. The summed E-state index contributed by atoms with van der Waals surface area (Å²) in [5.74, 6) is -2.12. The van der Waals surface area contributed by atoms with Crippen LogP contribution in [0, 0.1) is 17.6 Å².